The Bertz CT molecular complexity index is 959. The van der Waals surface area contributed by atoms with Crippen LogP contribution in [0.25, 0.3) is 5.69 Å². The highest BCUT2D eigenvalue weighted by Crippen LogP contribution is 2.24. The summed E-state index contributed by atoms with van der Waals surface area (Å²) in [5.41, 5.74) is 1.88. The van der Waals surface area contributed by atoms with Crippen molar-refractivity contribution in [1.82, 2.24) is 24.2 Å². The number of rotatable bonds is 6. The average molecular weight is 399 g/mol. The van der Waals surface area contributed by atoms with Crippen LogP contribution in [0.2, 0.25) is 0 Å². The van der Waals surface area contributed by atoms with Crippen molar-refractivity contribution < 1.29 is 9.18 Å². The fourth-order valence-corrected chi connectivity index (χ4v) is 4.26. The number of thioether (sulfide) groups is 1. The van der Waals surface area contributed by atoms with E-state index in [0.717, 1.165) is 43.1 Å². The third-order valence-electron chi connectivity index (χ3n) is 4.96. The molecule has 1 saturated heterocycles. The predicted molar refractivity (Wildman–Crippen MR) is 106 cm³/mol. The first-order chi connectivity index (χ1) is 13.6. The molecule has 0 N–H and O–H groups in total. The molecule has 0 bridgehead atoms. The summed E-state index contributed by atoms with van der Waals surface area (Å²) in [6.45, 7) is 1.67. The first kappa shape index (κ1) is 18.7. The maximum absolute atomic E-state index is 13.4. The van der Waals surface area contributed by atoms with Crippen LogP contribution in [-0.2, 0) is 18.3 Å². The summed E-state index contributed by atoms with van der Waals surface area (Å²) in [6, 6.07) is 10.3. The van der Waals surface area contributed by atoms with Crippen molar-refractivity contribution in [3.8, 4) is 5.69 Å². The molecular weight excluding hydrogens is 377 g/mol. The minimum absolute atomic E-state index is 0.125. The van der Waals surface area contributed by atoms with E-state index in [2.05, 4.69) is 10.2 Å². The monoisotopic (exact) mass is 399 g/mol. The fraction of sp³-hybridized carbons (Fsp3) is 0.350. The SMILES string of the molecule is Cn1cccc1Cc1nnc(SCC(=O)N2CCCC2)n1-c1ccc(F)cc1. The first-order valence-corrected chi connectivity index (χ1v) is 10.3. The van der Waals surface area contributed by atoms with Crippen molar-refractivity contribution in [1.29, 1.82) is 0 Å². The molecule has 6 nitrogen and oxygen atoms in total. The van der Waals surface area contributed by atoms with E-state index in [1.165, 1.54) is 23.9 Å². The van der Waals surface area contributed by atoms with Gasteiger partial charge < -0.3 is 9.47 Å². The number of aryl methyl sites for hydroxylation is 1. The molecule has 28 heavy (non-hydrogen) atoms. The summed E-state index contributed by atoms with van der Waals surface area (Å²) in [4.78, 5) is 14.3. The summed E-state index contributed by atoms with van der Waals surface area (Å²) in [5, 5.41) is 9.33. The lowest BCUT2D eigenvalue weighted by molar-refractivity contribution is -0.127. The van der Waals surface area contributed by atoms with E-state index < -0.39 is 0 Å². The average Bonchev–Trinajstić information content (AvgIpc) is 3.43. The van der Waals surface area contributed by atoms with Gasteiger partial charge in [0.15, 0.2) is 5.16 Å². The second kappa shape index (κ2) is 8.18. The summed E-state index contributed by atoms with van der Waals surface area (Å²) in [6.07, 6.45) is 4.72. The second-order valence-corrected chi connectivity index (χ2v) is 7.82. The van der Waals surface area contributed by atoms with Crippen molar-refractivity contribution in [2.45, 2.75) is 24.4 Å². The number of carbonyl (C=O) groups is 1. The summed E-state index contributed by atoms with van der Waals surface area (Å²) >= 11 is 1.38. The van der Waals surface area contributed by atoms with Gasteiger partial charge in [-0.2, -0.15) is 0 Å². The first-order valence-electron chi connectivity index (χ1n) is 9.33. The molecule has 4 rings (SSSR count). The van der Waals surface area contributed by atoms with Gasteiger partial charge >= 0.3 is 0 Å². The smallest absolute Gasteiger partial charge is 0.233 e. The molecule has 0 saturated carbocycles. The molecule has 1 aromatic carbocycles. The zero-order valence-corrected chi connectivity index (χ0v) is 16.5. The van der Waals surface area contributed by atoms with Gasteiger partial charge in [0.2, 0.25) is 5.91 Å². The molecule has 0 unspecified atom stereocenters. The van der Waals surface area contributed by atoms with Gasteiger partial charge in [0.25, 0.3) is 0 Å². The fourth-order valence-electron chi connectivity index (χ4n) is 3.38. The van der Waals surface area contributed by atoms with Crippen LogP contribution in [0.4, 0.5) is 4.39 Å². The minimum atomic E-state index is -0.292. The number of hydrogen-bond donors (Lipinski definition) is 0. The number of nitrogens with zero attached hydrogens (tertiary/aromatic N) is 5. The van der Waals surface area contributed by atoms with Crippen LogP contribution in [0.5, 0.6) is 0 Å². The van der Waals surface area contributed by atoms with E-state index in [9.17, 15) is 9.18 Å². The molecule has 1 aliphatic heterocycles. The zero-order valence-electron chi connectivity index (χ0n) is 15.7. The van der Waals surface area contributed by atoms with Crippen LogP contribution < -0.4 is 0 Å². The Balaban J connectivity index is 1.60. The molecule has 0 spiro atoms. The van der Waals surface area contributed by atoms with Crippen molar-refractivity contribution in [3.63, 3.8) is 0 Å². The maximum Gasteiger partial charge on any atom is 0.233 e. The van der Waals surface area contributed by atoms with Gasteiger partial charge in [0.1, 0.15) is 11.6 Å². The lowest BCUT2D eigenvalue weighted by Crippen LogP contribution is -2.29. The summed E-state index contributed by atoms with van der Waals surface area (Å²) < 4.78 is 17.4. The van der Waals surface area contributed by atoms with Gasteiger partial charge in [-0.3, -0.25) is 9.36 Å². The van der Waals surface area contributed by atoms with Gasteiger partial charge in [-0.1, -0.05) is 11.8 Å². The molecule has 2 aromatic heterocycles. The number of amides is 1. The number of benzene rings is 1. The highest BCUT2D eigenvalue weighted by Gasteiger charge is 2.21. The Kier molecular flexibility index (Phi) is 5.47. The molecule has 1 fully saturated rings. The standard InChI is InChI=1S/C20H22FN5OS/c1-24-10-4-5-17(24)13-18-22-23-20(26(18)16-8-6-15(21)7-9-16)28-14-19(27)25-11-2-3-12-25/h4-10H,2-3,11-14H2,1H3. The molecule has 1 aliphatic rings. The van der Waals surface area contributed by atoms with Crippen LogP contribution in [0.3, 0.4) is 0 Å². The largest absolute Gasteiger partial charge is 0.354 e. The summed E-state index contributed by atoms with van der Waals surface area (Å²) in [5.74, 6) is 0.910. The molecule has 1 amide bonds. The number of aromatic nitrogens is 4. The van der Waals surface area contributed by atoms with Crippen molar-refractivity contribution >= 4 is 17.7 Å². The van der Waals surface area contributed by atoms with Gasteiger partial charge in [0, 0.05) is 44.1 Å². The van der Waals surface area contributed by atoms with Gasteiger partial charge in [-0.25, -0.2) is 4.39 Å². The predicted octanol–water partition coefficient (Wildman–Crippen LogP) is 3.05. The normalized spacial score (nSPS) is 14.0. The molecule has 3 heterocycles. The van der Waals surface area contributed by atoms with Crippen molar-refractivity contribution in [2.24, 2.45) is 7.05 Å². The highest BCUT2D eigenvalue weighted by atomic mass is 32.2. The van der Waals surface area contributed by atoms with Gasteiger partial charge in [0.05, 0.1) is 5.75 Å². The van der Waals surface area contributed by atoms with Gasteiger partial charge in [-0.05, 0) is 49.2 Å². The van der Waals surface area contributed by atoms with E-state index in [1.807, 2.05) is 39.4 Å². The third kappa shape index (κ3) is 3.96. The highest BCUT2D eigenvalue weighted by molar-refractivity contribution is 7.99. The molecule has 3 aromatic rings. The number of halogens is 1. The molecule has 0 aliphatic carbocycles. The van der Waals surface area contributed by atoms with Crippen LogP contribution in [0, 0.1) is 5.82 Å². The van der Waals surface area contributed by atoms with E-state index in [4.69, 9.17) is 0 Å². The van der Waals surface area contributed by atoms with Crippen LogP contribution in [-0.4, -0.2) is 49.0 Å². The lowest BCUT2D eigenvalue weighted by atomic mass is 10.2. The Morgan fingerprint density at radius 3 is 2.57 bits per heavy atom. The quantitative estimate of drug-likeness (QED) is 0.598. The van der Waals surface area contributed by atoms with E-state index in [-0.39, 0.29) is 11.7 Å². The molecular formula is C20H22FN5OS. The Morgan fingerprint density at radius 1 is 1.14 bits per heavy atom. The number of likely N-dealkylation sites (tertiary alicyclic amines) is 1. The van der Waals surface area contributed by atoms with Crippen LogP contribution >= 0.6 is 11.8 Å². The molecule has 0 radical (unpaired) electrons. The Hall–Kier alpha value is -2.61. The Morgan fingerprint density at radius 2 is 1.89 bits per heavy atom. The van der Waals surface area contributed by atoms with Crippen molar-refractivity contribution in [2.75, 3.05) is 18.8 Å². The number of hydrogen-bond acceptors (Lipinski definition) is 4. The molecule has 146 valence electrons. The molecule has 0 atom stereocenters. The minimum Gasteiger partial charge on any atom is -0.354 e. The third-order valence-corrected chi connectivity index (χ3v) is 5.87. The summed E-state index contributed by atoms with van der Waals surface area (Å²) in [7, 11) is 1.98. The topological polar surface area (TPSA) is 56.0 Å². The van der Waals surface area contributed by atoms with Crippen LogP contribution in [0.15, 0.2) is 47.8 Å². The van der Waals surface area contributed by atoms with E-state index in [1.54, 1.807) is 12.1 Å². The maximum atomic E-state index is 13.4. The van der Waals surface area contributed by atoms with Crippen LogP contribution in [0.1, 0.15) is 24.4 Å². The zero-order chi connectivity index (χ0) is 19.5. The molecule has 8 heteroatoms. The van der Waals surface area contributed by atoms with Crippen molar-refractivity contribution in [3.05, 3.63) is 59.9 Å². The second-order valence-electron chi connectivity index (χ2n) is 6.87. The lowest BCUT2D eigenvalue weighted by Gasteiger charge is -2.15. The Labute approximate surface area is 167 Å². The van der Waals surface area contributed by atoms with E-state index >= 15 is 0 Å². The van der Waals surface area contributed by atoms with E-state index in [0.29, 0.717) is 17.3 Å². The van der Waals surface area contributed by atoms with Gasteiger partial charge in [-0.15, -0.1) is 10.2 Å². The number of carbonyl (C=O) groups excluding carboxylic acids is 1.